The number of nitrogens with one attached hydrogen (secondary N) is 1. The summed E-state index contributed by atoms with van der Waals surface area (Å²) in [5, 5.41) is 3.96. The van der Waals surface area contributed by atoms with Crippen molar-refractivity contribution in [3.8, 4) is 5.75 Å². The van der Waals surface area contributed by atoms with E-state index in [1.54, 1.807) is 23.9 Å². The lowest BCUT2D eigenvalue weighted by Gasteiger charge is -2.09. The highest BCUT2D eigenvalue weighted by Gasteiger charge is 2.06. The van der Waals surface area contributed by atoms with Crippen molar-refractivity contribution in [1.29, 1.82) is 0 Å². The van der Waals surface area contributed by atoms with Crippen molar-refractivity contribution in [2.45, 2.75) is 13.5 Å². The van der Waals surface area contributed by atoms with Gasteiger partial charge in [0.1, 0.15) is 11.4 Å². The third kappa shape index (κ3) is 2.63. The molecule has 0 unspecified atom stereocenters. The maximum absolute atomic E-state index is 11.9. The fourth-order valence-electron chi connectivity index (χ4n) is 2.27. The lowest BCUT2D eigenvalue weighted by Crippen LogP contribution is -2.19. The molecule has 6 nitrogen and oxygen atoms in total. The number of aryl methyl sites for hydroxylation is 1. The highest BCUT2D eigenvalue weighted by atomic mass is 16.5. The molecule has 0 saturated carbocycles. The van der Waals surface area contributed by atoms with Crippen LogP contribution in [0.25, 0.3) is 11.0 Å². The number of hydrogen-bond acceptors (Lipinski definition) is 5. The van der Waals surface area contributed by atoms with Gasteiger partial charge in [-0.1, -0.05) is 6.07 Å². The first kappa shape index (κ1) is 14.1. The fourth-order valence-corrected chi connectivity index (χ4v) is 2.27. The number of nitrogens with zero attached hydrogens (tertiary/aromatic N) is 3. The molecule has 1 aromatic carbocycles. The van der Waals surface area contributed by atoms with E-state index < -0.39 is 0 Å². The van der Waals surface area contributed by atoms with Crippen molar-refractivity contribution in [2.24, 2.45) is 0 Å². The van der Waals surface area contributed by atoms with E-state index in [-0.39, 0.29) is 5.56 Å². The topological polar surface area (TPSA) is 69.0 Å². The molecule has 0 bridgehead atoms. The molecule has 0 spiro atoms. The van der Waals surface area contributed by atoms with Gasteiger partial charge in [-0.05, 0) is 25.1 Å². The number of anilines is 2. The fraction of sp³-hybridized carbons (Fsp3) is 0.188. The van der Waals surface area contributed by atoms with Gasteiger partial charge in [0.05, 0.1) is 7.11 Å². The van der Waals surface area contributed by atoms with E-state index in [2.05, 4.69) is 15.3 Å². The average Bonchev–Trinajstić information content (AvgIpc) is 2.55. The smallest absolute Gasteiger partial charge is 0.252 e. The van der Waals surface area contributed by atoms with Gasteiger partial charge in [-0.3, -0.25) is 9.36 Å². The summed E-state index contributed by atoms with van der Waals surface area (Å²) in [5.74, 6) is 1.19. The molecule has 112 valence electrons. The van der Waals surface area contributed by atoms with Gasteiger partial charge in [-0.2, -0.15) is 4.98 Å². The maximum Gasteiger partial charge on any atom is 0.252 e. The highest BCUT2D eigenvalue weighted by molar-refractivity contribution is 5.75. The van der Waals surface area contributed by atoms with Crippen molar-refractivity contribution >= 4 is 22.7 Å². The van der Waals surface area contributed by atoms with Gasteiger partial charge < -0.3 is 10.1 Å². The quantitative estimate of drug-likeness (QED) is 0.801. The van der Waals surface area contributed by atoms with E-state index in [0.717, 1.165) is 16.8 Å². The molecule has 0 aliphatic rings. The molecule has 0 aliphatic heterocycles. The molecule has 3 aromatic rings. The highest BCUT2D eigenvalue weighted by Crippen LogP contribution is 2.20. The Bertz CT molecular complexity index is 873. The van der Waals surface area contributed by atoms with E-state index in [1.807, 2.05) is 31.2 Å². The number of rotatable bonds is 4. The standard InChI is InChI=1S/C16H16N4O2/c1-3-20-14(21)8-7-11-10-17-16(19-15(11)20)18-12-5-4-6-13(9-12)22-2/h4-10H,3H2,1-2H3,(H,17,18,19). The van der Waals surface area contributed by atoms with Crippen molar-refractivity contribution in [3.63, 3.8) is 0 Å². The minimum atomic E-state index is -0.0685. The maximum atomic E-state index is 11.9. The normalized spacial score (nSPS) is 10.6. The summed E-state index contributed by atoms with van der Waals surface area (Å²) in [6.07, 6.45) is 1.70. The first-order valence-electron chi connectivity index (χ1n) is 6.99. The van der Waals surface area contributed by atoms with Gasteiger partial charge >= 0.3 is 0 Å². The minimum Gasteiger partial charge on any atom is -0.497 e. The third-order valence-corrected chi connectivity index (χ3v) is 3.37. The zero-order valence-electron chi connectivity index (χ0n) is 12.4. The Morgan fingerprint density at radius 3 is 2.91 bits per heavy atom. The molecular formula is C16H16N4O2. The molecule has 0 atom stereocenters. The molecular weight excluding hydrogens is 280 g/mol. The lowest BCUT2D eigenvalue weighted by atomic mass is 10.3. The van der Waals surface area contributed by atoms with E-state index in [0.29, 0.717) is 18.1 Å². The molecule has 0 aliphatic carbocycles. The number of benzene rings is 1. The van der Waals surface area contributed by atoms with Gasteiger partial charge in [0, 0.05) is 35.9 Å². The second kappa shape index (κ2) is 5.85. The predicted octanol–water partition coefficient (Wildman–Crippen LogP) is 2.56. The van der Waals surface area contributed by atoms with Crippen LogP contribution < -0.4 is 15.6 Å². The molecule has 1 N–H and O–H groups in total. The Morgan fingerprint density at radius 2 is 2.14 bits per heavy atom. The molecule has 22 heavy (non-hydrogen) atoms. The number of fused-ring (bicyclic) bond motifs is 1. The van der Waals surface area contributed by atoms with Crippen LogP contribution in [0.2, 0.25) is 0 Å². The van der Waals surface area contributed by atoms with Crippen LogP contribution in [-0.4, -0.2) is 21.6 Å². The Hall–Kier alpha value is -2.89. The summed E-state index contributed by atoms with van der Waals surface area (Å²) in [4.78, 5) is 20.6. The van der Waals surface area contributed by atoms with Crippen LogP contribution in [0.3, 0.4) is 0 Å². The monoisotopic (exact) mass is 296 g/mol. The number of methoxy groups -OCH3 is 1. The minimum absolute atomic E-state index is 0.0685. The van der Waals surface area contributed by atoms with E-state index >= 15 is 0 Å². The van der Waals surface area contributed by atoms with Gasteiger partial charge in [0.2, 0.25) is 5.95 Å². The van der Waals surface area contributed by atoms with Gasteiger partial charge in [-0.15, -0.1) is 0 Å². The largest absolute Gasteiger partial charge is 0.497 e. The summed E-state index contributed by atoms with van der Waals surface area (Å²) < 4.78 is 6.81. The van der Waals surface area contributed by atoms with Crippen LogP contribution in [0.1, 0.15) is 6.92 Å². The SMILES string of the molecule is CCn1c(=O)ccc2cnc(Nc3cccc(OC)c3)nc21. The molecule has 3 rings (SSSR count). The Labute approximate surface area is 127 Å². The summed E-state index contributed by atoms with van der Waals surface area (Å²) in [5.41, 5.74) is 1.37. The van der Waals surface area contributed by atoms with Crippen LogP contribution in [0.5, 0.6) is 5.75 Å². The molecule has 2 aromatic heterocycles. The number of pyridine rings is 1. The Kier molecular flexibility index (Phi) is 3.74. The van der Waals surface area contributed by atoms with Gasteiger partial charge in [0.15, 0.2) is 0 Å². The van der Waals surface area contributed by atoms with Crippen LogP contribution in [-0.2, 0) is 6.54 Å². The average molecular weight is 296 g/mol. The molecule has 0 radical (unpaired) electrons. The number of ether oxygens (including phenoxy) is 1. The number of hydrogen-bond donors (Lipinski definition) is 1. The predicted molar refractivity (Wildman–Crippen MR) is 85.7 cm³/mol. The molecule has 2 heterocycles. The molecule has 6 heteroatoms. The summed E-state index contributed by atoms with van der Waals surface area (Å²) in [6, 6.07) is 10.8. The summed E-state index contributed by atoms with van der Waals surface area (Å²) in [6.45, 7) is 2.48. The first-order valence-corrected chi connectivity index (χ1v) is 6.99. The van der Waals surface area contributed by atoms with Gasteiger partial charge in [-0.25, -0.2) is 4.98 Å². The van der Waals surface area contributed by atoms with Crippen LogP contribution in [0, 0.1) is 0 Å². The zero-order valence-corrected chi connectivity index (χ0v) is 12.4. The third-order valence-electron chi connectivity index (χ3n) is 3.37. The van der Waals surface area contributed by atoms with Crippen molar-refractivity contribution in [1.82, 2.24) is 14.5 Å². The van der Waals surface area contributed by atoms with E-state index in [1.165, 1.54) is 6.07 Å². The molecule has 0 amide bonds. The second-order valence-electron chi connectivity index (χ2n) is 4.75. The van der Waals surface area contributed by atoms with Crippen molar-refractivity contribution in [2.75, 3.05) is 12.4 Å². The summed E-state index contributed by atoms with van der Waals surface area (Å²) in [7, 11) is 1.62. The zero-order chi connectivity index (χ0) is 15.5. The Morgan fingerprint density at radius 1 is 1.27 bits per heavy atom. The van der Waals surface area contributed by atoms with E-state index in [9.17, 15) is 4.79 Å². The first-order chi connectivity index (χ1) is 10.7. The number of aromatic nitrogens is 3. The van der Waals surface area contributed by atoms with Crippen molar-refractivity contribution < 1.29 is 4.74 Å². The van der Waals surface area contributed by atoms with Gasteiger partial charge in [0.25, 0.3) is 5.56 Å². The van der Waals surface area contributed by atoms with Crippen molar-refractivity contribution in [3.05, 3.63) is 52.9 Å². The lowest BCUT2D eigenvalue weighted by molar-refractivity contribution is 0.415. The summed E-state index contributed by atoms with van der Waals surface area (Å²) >= 11 is 0. The molecule has 0 saturated heterocycles. The van der Waals surface area contributed by atoms with Crippen LogP contribution in [0.15, 0.2) is 47.4 Å². The van der Waals surface area contributed by atoms with Crippen LogP contribution >= 0.6 is 0 Å². The van der Waals surface area contributed by atoms with E-state index in [4.69, 9.17) is 4.74 Å². The molecule has 0 fully saturated rings. The van der Waals surface area contributed by atoms with Crippen LogP contribution in [0.4, 0.5) is 11.6 Å². The Balaban J connectivity index is 2.02. The second-order valence-corrected chi connectivity index (χ2v) is 4.75.